The molecule has 1 fully saturated rings. The highest BCUT2D eigenvalue weighted by molar-refractivity contribution is 7.80. The van der Waals surface area contributed by atoms with Gasteiger partial charge in [0.05, 0.1) is 7.11 Å². The van der Waals surface area contributed by atoms with Crippen LogP contribution in [0, 0.1) is 0 Å². The molecule has 116 valence electrons. The third-order valence-corrected chi connectivity index (χ3v) is 4.12. The Morgan fingerprint density at radius 1 is 1.17 bits per heavy atom. The zero-order valence-corrected chi connectivity index (χ0v) is 13.4. The van der Waals surface area contributed by atoms with Crippen molar-refractivity contribution in [2.24, 2.45) is 0 Å². The van der Waals surface area contributed by atoms with Gasteiger partial charge in [-0.25, -0.2) is 0 Å². The second-order valence-corrected chi connectivity index (χ2v) is 5.47. The molecule has 0 bridgehead atoms. The Labute approximate surface area is 138 Å². The van der Waals surface area contributed by atoms with Crippen LogP contribution in [0.15, 0.2) is 42.0 Å². The minimum atomic E-state index is -0.506. The largest absolute Gasteiger partial charge is 0.496 e. The molecular formula is C17H14N2O3S. The Bertz CT molecular complexity index is 873. The molecule has 23 heavy (non-hydrogen) atoms. The van der Waals surface area contributed by atoms with E-state index in [1.807, 2.05) is 36.4 Å². The average Bonchev–Trinajstić information content (AvgIpc) is 2.56. The van der Waals surface area contributed by atoms with Gasteiger partial charge in [-0.3, -0.25) is 19.8 Å². The Morgan fingerprint density at radius 2 is 1.91 bits per heavy atom. The maximum absolute atomic E-state index is 12.4. The van der Waals surface area contributed by atoms with Crippen molar-refractivity contribution in [2.45, 2.75) is 0 Å². The van der Waals surface area contributed by atoms with Crippen LogP contribution in [0.4, 0.5) is 0 Å². The molecule has 2 aromatic carbocycles. The zero-order chi connectivity index (χ0) is 16.6. The lowest BCUT2D eigenvalue weighted by Crippen LogP contribution is -2.52. The van der Waals surface area contributed by atoms with Crippen LogP contribution in [0.1, 0.15) is 5.56 Å². The number of ether oxygens (including phenoxy) is 1. The van der Waals surface area contributed by atoms with E-state index >= 15 is 0 Å². The number of likely N-dealkylation sites (N-methyl/N-ethyl adjacent to an activating group) is 1. The number of rotatable bonds is 2. The molecule has 0 saturated carbocycles. The van der Waals surface area contributed by atoms with Gasteiger partial charge in [0, 0.05) is 12.6 Å². The number of amides is 2. The summed E-state index contributed by atoms with van der Waals surface area (Å²) >= 11 is 4.95. The van der Waals surface area contributed by atoms with Gasteiger partial charge in [0.15, 0.2) is 5.11 Å². The lowest BCUT2D eigenvalue weighted by atomic mass is 10.00. The lowest BCUT2D eigenvalue weighted by Gasteiger charge is -2.25. The van der Waals surface area contributed by atoms with E-state index in [-0.39, 0.29) is 10.7 Å². The van der Waals surface area contributed by atoms with Gasteiger partial charge in [-0.05, 0) is 35.1 Å². The highest BCUT2D eigenvalue weighted by atomic mass is 32.1. The third kappa shape index (κ3) is 2.57. The Morgan fingerprint density at radius 3 is 2.65 bits per heavy atom. The van der Waals surface area contributed by atoms with Gasteiger partial charge in [0.1, 0.15) is 11.3 Å². The molecule has 3 rings (SSSR count). The molecule has 2 aromatic rings. The van der Waals surface area contributed by atoms with Crippen LogP contribution >= 0.6 is 12.2 Å². The summed E-state index contributed by atoms with van der Waals surface area (Å²) in [7, 11) is 3.08. The molecule has 0 spiro atoms. The molecule has 0 aliphatic carbocycles. The fourth-order valence-electron chi connectivity index (χ4n) is 2.49. The van der Waals surface area contributed by atoms with Gasteiger partial charge in [0.2, 0.25) is 0 Å². The summed E-state index contributed by atoms with van der Waals surface area (Å²) in [4.78, 5) is 25.7. The molecule has 0 radical (unpaired) electrons. The van der Waals surface area contributed by atoms with E-state index in [1.54, 1.807) is 13.2 Å². The number of fused-ring (bicyclic) bond motifs is 1. The van der Waals surface area contributed by atoms with Crippen molar-refractivity contribution in [3.63, 3.8) is 0 Å². The molecule has 0 atom stereocenters. The monoisotopic (exact) mass is 326 g/mol. The van der Waals surface area contributed by atoms with Crippen LogP contribution in [0.25, 0.3) is 16.8 Å². The van der Waals surface area contributed by atoms with E-state index < -0.39 is 11.8 Å². The fourth-order valence-corrected chi connectivity index (χ4v) is 2.67. The van der Waals surface area contributed by atoms with E-state index in [2.05, 4.69) is 5.32 Å². The first-order valence-electron chi connectivity index (χ1n) is 6.93. The molecular weight excluding hydrogens is 312 g/mol. The molecule has 0 aromatic heterocycles. The fraction of sp³-hybridized carbons (Fsp3) is 0.118. The van der Waals surface area contributed by atoms with Crippen molar-refractivity contribution in [1.29, 1.82) is 0 Å². The number of nitrogens with zero attached hydrogens (tertiary/aromatic N) is 1. The number of hydrogen-bond acceptors (Lipinski definition) is 4. The smallest absolute Gasteiger partial charge is 0.265 e. The SMILES string of the molecule is COc1ccc2ccccc2c1/C=C1/C(=O)NC(=S)N(C)C1=O. The summed E-state index contributed by atoms with van der Waals surface area (Å²) < 4.78 is 5.39. The quantitative estimate of drug-likeness (QED) is 0.522. The average molecular weight is 326 g/mol. The standard InChI is InChI=1S/C17H14N2O3S/c1-19-16(21)13(15(20)18-17(19)23)9-12-11-6-4-3-5-10(11)7-8-14(12)22-2/h3-9H,1-2H3,(H,18,20,23)/b13-9-. The van der Waals surface area contributed by atoms with Crippen molar-refractivity contribution < 1.29 is 14.3 Å². The van der Waals surface area contributed by atoms with Crippen LogP contribution < -0.4 is 10.1 Å². The number of carbonyl (C=O) groups is 2. The van der Waals surface area contributed by atoms with Gasteiger partial charge in [-0.1, -0.05) is 30.3 Å². The minimum absolute atomic E-state index is 0.0238. The zero-order valence-electron chi connectivity index (χ0n) is 12.6. The second kappa shape index (κ2) is 5.81. The van der Waals surface area contributed by atoms with E-state index in [1.165, 1.54) is 11.9 Å². The molecule has 1 heterocycles. The summed E-state index contributed by atoms with van der Waals surface area (Å²) in [6.45, 7) is 0. The second-order valence-electron chi connectivity index (χ2n) is 5.08. The molecule has 1 aliphatic rings. The van der Waals surface area contributed by atoms with Crippen LogP contribution in [-0.2, 0) is 9.59 Å². The van der Waals surface area contributed by atoms with E-state index in [9.17, 15) is 9.59 Å². The Hall–Kier alpha value is -2.73. The van der Waals surface area contributed by atoms with Crippen LogP contribution in [0.2, 0.25) is 0 Å². The Kier molecular flexibility index (Phi) is 3.83. The molecule has 1 aliphatic heterocycles. The maximum atomic E-state index is 12.4. The first-order chi connectivity index (χ1) is 11.0. The van der Waals surface area contributed by atoms with E-state index in [0.717, 1.165) is 10.8 Å². The van der Waals surface area contributed by atoms with Crippen molar-refractivity contribution in [2.75, 3.05) is 14.2 Å². The molecule has 2 amide bonds. The summed E-state index contributed by atoms with van der Waals surface area (Å²) in [5.74, 6) is -0.352. The predicted molar refractivity (Wildman–Crippen MR) is 92.0 cm³/mol. The van der Waals surface area contributed by atoms with Crippen molar-refractivity contribution in [3.8, 4) is 5.75 Å². The van der Waals surface area contributed by atoms with Gasteiger partial charge in [-0.15, -0.1) is 0 Å². The highest BCUT2D eigenvalue weighted by Gasteiger charge is 2.31. The van der Waals surface area contributed by atoms with Crippen LogP contribution in [0.5, 0.6) is 5.75 Å². The summed E-state index contributed by atoms with van der Waals surface area (Å²) in [5, 5.41) is 4.50. The van der Waals surface area contributed by atoms with E-state index in [4.69, 9.17) is 17.0 Å². The number of methoxy groups -OCH3 is 1. The topological polar surface area (TPSA) is 58.6 Å². The Balaban J connectivity index is 2.22. The van der Waals surface area contributed by atoms with Gasteiger partial charge in [-0.2, -0.15) is 0 Å². The first kappa shape index (κ1) is 15.2. The minimum Gasteiger partial charge on any atom is -0.496 e. The molecule has 5 nitrogen and oxygen atoms in total. The maximum Gasteiger partial charge on any atom is 0.265 e. The van der Waals surface area contributed by atoms with Crippen LogP contribution in [-0.4, -0.2) is 36.0 Å². The number of nitrogens with one attached hydrogen (secondary N) is 1. The first-order valence-corrected chi connectivity index (χ1v) is 7.34. The van der Waals surface area contributed by atoms with Crippen molar-refractivity contribution >= 4 is 46.0 Å². The number of thiocarbonyl (C=S) groups is 1. The van der Waals surface area contributed by atoms with Gasteiger partial charge < -0.3 is 4.74 Å². The number of benzene rings is 2. The lowest BCUT2D eigenvalue weighted by molar-refractivity contribution is -0.128. The molecule has 0 unspecified atom stereocenters. The highest BCUT2D eigenvalue weighted by Crippen LogP contribution is 2.30. The van der Waals surface area contributed by atoms with Crippen LogP contribution in [0.3, 0.4) is 0 Å². The van der Waals surface area contributed by atoms with E-state index in [0.29, 0.717) is 11.3 Å². The predicted octanol–water partition coefficient (Wildman–Crippen LogP) is 2.10. The molecule has 6 heteroatoms. The summed E-state index contributed by atoms with van der Waals surface area (Å²) in [5.41, 5.74) is 0.709. The summed E-state index contributed by atoms with van der Waals surface area (Å²) in [6, 6.07) is 11.4. The summed E-state index contributed by atoms with van der Waals surface area (Å²) in [6.07, 6.45) is 1.55. The molecule has 1 N–H and O–H groups in total. The van der Waals surface area contributed by atoms with Gasteiger partial charge in [0.25, 0.3) is 11.8 Å². The van der Waals surface area contributed by atoms with Gasteiger partial charge >= 0.3 is 0 Å². The number of hydrogen-bond donors (Lipinski definition) is 1. The normalized spacial score (nSPS) is 16.9. The van der Waals surface area contributed by atoms with Crippen molar-refractivity contribution in [1.82, 2.24) is 10.2 Å². The molecule has 1 saturated heterocycles. The number of carbonyl (C=O) groups excluding carboxylic acids is 2. The van der Waals surface area contributed by atoms with Crippen molar-refractivity contribution in [3.05, 3.63) is 47.5 Å². The third-order valence-electron chi connectivity index (χ3n) is 3.74.